The van der Waals surface area contributed by atoms with Crippen LogP contribution >= 0.6 is 11.3 Å². The molecule has 6 heteroatoms. The Morgan fingerprint density at radius 2 is 2.40 bits per heavy atom. The zero-order valence-electron chi connectivity index (χ0n) is 10.9. The number of aromatic nitrogens is 1. The van der Waals surface area contributed by atoms with E-state index in [1.165, 1.54) is 0 Å². The quantitative estimate of drug-likeness (QED) is 0.940. The lowest BCUT2D eigenvalue weighted by Crippen LogP contribution is -2.39. The molecule has 3 rings (SSSR count). The summed E-state index contributed by atoms with van der Waals surface area (Å²) in [4.78, 5) is 18.8. The molecule has 1 aliphatic heterocycles. The van der Waals surface area contributed by atoms with Gasteiger partial charge >= 0.3 is 5.97 Å². The summed E-state index contributed by atoms with van der Waals surface area (Å²) in [5, 5.41) is 11.5. The Morgan fingerprint density at radius 3 is 3.15 bits per heavy atom. The molecule has 1 aliphatic rings. The number of carboxylic acid groups (broad SMARTS) is 1. The van der Waals surface area contributed by atoms with Crippen molar-refractivity contribution in [1.82, 2.24) is 4.98 Å². The summed E-state index contributed by atoms with van der Waals surface area (Å²) >= 11 is 1.62. The van der Waals surface area contributed by atoms with Gasteiger partial charge in [-0.05, 0) is 29.5 Å². The maximum absolute atomic E-state index is 11.7. The van der Waals surface area contributed by atoms with E-state index in [1.54, 1.807) is 30.7 Å². The summed E-state index contributed by atoms with van der Waals surface area (Å²) in [5.41, 5.74) is 1.71. The first-order valence-electron chi connectivity index (χ1n) is 6.26. The fourth-order valence-electron chi connectivity index (χ4n) is 2.55. The highest BCUT2D eigenvalue weighted by atomic mass is 32.1. The molecule has 0 saturated heterocycles. The minimum atomic E-state index is -0.833. The van der Waals surface area contributed by atoms with Crippen LogP contribution in [-0.2, 0) is 11.2 Å². The number of aliphatic carboxylic acids is 1. The zero-order chi connectivity index (χ0) is 14.1. The van der Waals surface area contributed by atoms with Gasteiger partial charge in [-0.3, -0.25) is 0 Å². The van der Waals surface area contributed by atoms with Crippen molar-refractivity contribution in [3.8, 4) is 5.88 Å². The van der Waals surface area contributed by atoms with Crippen molar-refractivity contribution in [3.63, 3.8) is 0 Å². The summed E-state index contributed by atoms with van der Waals surface area (Å²) in [6.45, 7) is 0.678. The van der Waals surface area contributed by atoms with Gasteiger partial charge in [0.2, 0.25) is 5.88 Å². The Bertz CT molecular complexity index is 641. The number of pyridine rings is 1. The number of thiophene rings is 1. The van der Waals surface area contributed by atoms with Gasteiger partial charge in [0, 0.05) is 29.4 Å². The molecule has 0 spiro atoms. The Balaban J connectivity index is 2.02. The van der Waals surface area contributed by atoms with E-state index in [0.29, 0.717) is 12.4 Å². The van der Waals surface area contributed by atoms with Crippen LogP contribution in [0.3, 0.4) is 0 Å². The highest BCUT2D eigenvalue weighted by molar-refractivity contribution is 7.10. The molecule has 0 radical (unpaired) electrons. The SMILES string of the molecule is COc1cc(N2CCc3sccc3C2C(=O)O)ccn1. The predicted octanol–water partition coefficient (Wildman–Crippen LogP) is 2.34. The molecular weight excluding hydrogens is 276 g/mol. The van der Waals surface area contributed by atoms with Crippen LogP contribution in [0.2, 0.25) is 0 Å². The lowest BCUT2D eigenvalue weighted by molar-refractivity contribution is -0.138. The number of carboxylic acids is 1. The number of hydrogen-bond donors (Lipinski definition) is 1. The minimum absolute atomic E-state index is 0.489. The molecule has 5 nitrogen and oxygen atoms in total. The number of fused-ring (bicyclic) bond motifs is 1. The molecule has 1 unspecified atom stereocenters. The standard InChI is InChI=1S/C14H14N2O3S/c1-19-12-8-9(2-5-15-12)16-6-3-11-10(4-7-20-11)13(16)14(17)18/h2,4-5,7-8,13H,3,6H2,1H3,(H,17,18). The fourth-order valence-corrected chi connectivity index (χ4v) is 3.45. The average Bonchev–Trinajstić information content (AvgIpc) is 2.94. The summed E-state index contributed by atoms with van der Waals surface area (Å²) in [6, 6.07) is 4.85. The van der Waals surface area contributed by atoms with Crippen LogP contribution in [0.1, 0.15) is 16.5 Å². The topological polar surface area (TPSA) is 62.7 Å². The van der Waals surface area contributed by atoms with Gasteiger partial charge in [-0.1, -0.05) is 0 Å². The first-order valence-corrected chi connectivity index (χ1v) is 7.14. The van der Waals surface area contributed by atoms with Crippen LogP contribution < -0.4 is 9.64 Å². The monoisotopic (exact) mass is 290 g/mol. The molecule has 0 bridgehead atoms. The van der Waals surface area contributed by atoms with E-state index in [0.717, 1.165) is 22.5 Å². The second-order valence-corrected chi connectivity index (χ2v) is 5.54. The average molecular weight is 290 g/mol. The predicted molar refractivity (Wildman–Crippen MR) is 76.5 cm³/mol. The lowest BCUT2D eigenvalue weighted by atomic mass is 9.99. The van der Waals surface area contributed by atoms with Gasteiger partial charge in [-0.15, -0.1) is 11.3 Å². The molecular formula is C14H14N2O3S. The number of anilines is 1. The highest BCUT2D eigenvalue weighted by Gasteiger charge is 2.34. The third-order valence-electron chi connectivity index (χ3n) is 3.46. The van der Waals surface area contributed by atoms with Crippen LogP contribution in [-0.4, -0.2) is 29.7 Å². The van der Waals surface area contributed by atoms with E-state index in [1.807, 2.05) is 22.4 Å². The third-order valence-corrected chi connectivity index (χ3v) is 4.46. The second-order valence-electron chi connectivity index (χ2n) is 4.54. The molecule has 0 saturated carbocycles. The van der Waals surface area contributed by atoms with Gasteiger partial charge in [0.15, 0.2) is 6.04 Å². The van der Waals surface area contributed by atoms with Crippen LogP contribution in [0.4, 0.5) is 5.69 Å². The molecule has 1 N–H and O–H groups in total. The van der Waals surface area contributed by atoms with Crippen LogP contribution in [0.15, 0.2) is 29.8 Å². The minimum Gasteiger partial charge on any atom is -0.481 e. The van der Waals surface area contributed by atoms with Crippen molar-refractivity contribution < 1.29 is 14.6 Å². The number of hydrogen-bond acceptors (Lipinski definition) is 5. The molecule has 0 aliphatic carbocycles. The summed E-state index contributed by atoms with van der Waals surface area (Å²) < 4.78 is 5.11. The number of rotatable bonds is 3. The summed E-state index contributed by atoms with van der Waals surface area (Å²) in [7, 11) is 1.55. The van der Waals surface area contributed by atoms with Crippen molar-refractivity contribution in [3.05, 3.63) is 40.2 Å². The number of ether oxygens (including phenoxy) is 1. The van der Waals surface area contributed by atoms with Crippen LogP contribution in [0.5, 0.6) is 5.88 Å². The summed E-state index contributed by atoms with van der Waals surface area (Å²) in [5.74, 6) is -0.345. The van der Waals surface area contributed by atoms with Gasteiger partial charge in [0.25, 0.3) is 0 Å². The largest absolute Gasteiger partial charge is 0.481 e. The molecule has 2 aromatic rings. The van der Waals surface area contributed by atoms with Crippen molar-refractivity contribution in [2.24, 2.45) is 0 Å². The molecule has 104 valence electrons. The molecule has 2 aromatic heterocycles. The maximum atomic E-state index is 11.7. The van der Waals surface area contributed by atoms with Crippen LogP contribution in [0, 0.1) is 0 Å². The second kappa shape index (κ2) is 5.13. The van der Waals surface area contributed by atoms with E-state index in [9.17, 15) is 9.90 Å². The lowest BCUT2D eigenvalue weighted by Gasteiger charge is -2.35. The third kappa shape index (κ3) is 2.12. The number of carbonyl (C=O) groups is 1. The molecule has 0 aromatic carbocycles. The van der Waals surface area contributed by atoms with E-state index >= 15 is 0 Å². The molecule has 0 amide bonds. The zero-order valence-corrected chi connectivity index (χ0v) is 11.8. The van der Waals surface area contributed by atoms with E-state index in [-0.39, 0.29) is 0 Å². The number of nitrogens with zero attached hydrogens (tertiary/aromatic N) is 2. The maximum Gasteiger partial charge on any atom is 0.331 e. The van der Waals surface area contributed by atoms with Crippen LogP contribution in [0.25, 0.3) is 0 Å². The fraction of sp³-hybridized carbons (Fsp3) is 0.286. The van der Waals surface area contributed by atoms with E-state index in [4.69, 9.17) is 4.74 Å². The van der Waals surface area contributed by atoms with Crippen molar-refractivity contribution in [2.75, 3.05) is 18.6 Å². The van der Waals surface area contributed by atoms with Gasteiger partial charge in [-0.2, -0.15) is 0 Å². The van der Waals surface area contributed by atoms with Gasteiger partial charge in [0.05, 0.1) is 7.11 Å². The van der Waals surface area contributed by atoms with Crippen molar-refractivity contribution >= 4 is 23.0 Å². The van der Waals surface area contributed by atoms with Crippen molar-refractivity contribution in [2.45, 2.75) is 12.5 Å². The molecule has 3 heterocycles. The molecule has 0 fully saturated rings. The Hall–Kier alpha value is -2.08. The van der Waals surface area contributed by atoms with Gasteiger partial charge in [-0.25, -0.2) is 9.78 Å². The first-order chi connectivity index (χ1) is 9.70. The Kier molecular flexibility index (Phi) is 3.31. The highest BCUT2D eigenvalue weighted by Crippen LogP contribution is 2.37. The molecule has 1 atom stereocenters. The normalized spacial score (nSPS) is 17.6. The van der Waals surface area contributed by atoms with Gasteiger partial charge in [0.1, 0.15) is 0 Å². The first kappa shape index (κ1) is 12.9. The number of methoxy groups -OCH3 is 1. The van der Waals surface area contributed by atoms with Crippen molar-refractivity contribution in [1.29, 1.82) is 0 Å². The van der Waals surface area contributed by atoms with Gasteiger partial charge < -0.3 is 14.7 Å². The van der Waals surface area contributed by atoms with E-state index in [2.05, 4.69) is 4.98 Å². The smallest absolute Gasteiger partial charge is 0.331 e. The van der Waals surface area contributed by atoms with E-state index < -0.39 is 12.0 Å². The summed E-state index contributed by atoms with van der Waals surface area (Å²) in [6.07, 6.45) is 2.50. The molecule has 20 heavy (non-hydrogen) atoms. The Labute approximate surface area is 120 Å². The Morgan fingerprint density at radius 1 is 1.55 bits per heavy atom.